The molecule has 1 unspecified atom stereocenters. The predicted molar refractivity (Wildman–Crippen MR) is 77.1 cm³/mol. The molecule has 0 bridgehead atoms. The quantitative estimate of drug-likeness (QED) is 0.591. The second-order valence-corrected chi connectivity index (χ2v) is 11.3. The van der Waals surface area contributed by atoms with Gasteiger partial charge in [0.25, 0.3) is 0 Å². The lowest BCUT2D eigenvalue weighted by Crippen LogP contribution is -2.36. The molecule has 0 saturated carbocycles. The topological polar surface area (TPSA) is 87.6 Å². The molecule has 1 aromatic heterocycles. The summed E-state index contributed by atoms with van der Waals surface area (Å²) in [5.74, 6) is 0. The Kier molecular flexibility index (Phi) is 6.21. The number of H-pyrrole nitrogens is 1. The molecule has 8 heteroatoms. The van der Waals surface area contributed by atoms with Gasteiger partial charge in [-0.3, -0.25) is 5.10 Å². The normalized spacial score (nSPS) is 13.6. The monoisotopic (exact) mass is 286 g/mol. The summed E-state index contributed by atoms with van der Waals surface area (Å²) in [6.45, 7) is 7.83. The fourth-order valence-electron chi connectivity index (χ4n) is 1.66. The number of nitrogens with zero attached hydrogens (tertiary/aromatic N) is 1. The lowest BCUT2D eigenvalue weighted by molar-refractivity contribution is 0.00294. The number of nitrogens with one attached hydrogen (secondary N) is 1. The van der Waals surface area contributed by atoms with Gasteiger partial charge in [0, 0.05) is 33.6 Å². The summed E-state index contributed by atoms with van der Waals surface area (Å²) in [6, 6.07) is 1.04. The van der Waals surface area contributed by atoms with E-state index < -0.39 is 15.2 Å². The van der Waals surface area contributed by atoms with Gasteiger partial charge in [-0.1, -0.05) is 19.6 Å². The van der Waals surface area contributed by atoms with E-state index in [1.165, 1.54) is 0 Å². The van der Waals surface area contributed by atoms with E-state index in [-0.39, 0.29) is 11.7 Å². The Morgan fingerprint density at radius 1 is 1.42 bits per heavy atom. The van der Waals surface area contributed by atoms with Crippen LogP contribution in [0.4, 0.5) is 0 Å². The largest absolute Gasteiger partial charge is 0.510 e. The van der Waals surface area contributed by atoms with Crippen molar-refractivity contribution in [1.82, 2.24) is 10.2 Å². The number of rotatable bonds is 8. The van der Waals surface area contributed by atoms with Crippen molar-refractivity contribution in [2.45, 2.75) is 31.8 Å². The van der Waals surface area contributed by atoms with E-state index >= 15 is 0 Å². The van der Waals surface area contributed by atoms with Crippen LogP contribution >= 0.6 is 0 Å². The van der Waals surface area contributed by atoms with E-state index in [1.54, 1.807) is 13.3 Å². The Balaban J connectivity index is 2.68. The lowest BCUT2D eigenvalue weighted by Gasteiger charge is -2.20. The predicted octanol–water partition coefficient (Wildman–Crippen LogP) is 0.132. The van der Waals surface area contributed by atoms with Crippen molar-refractivity contribution in [3.63, 3.8) is 0 Å². The van der Waals surface area contributed by atoms with Gasteiger partial charge in [-0.15, -0.1) is 0 Å². The molecular formula is C11H23BN2O4Si. The van der Waals surface area contributed by atoms with Crippen LogP contribution in [-0.4, -0.2) is 55.8 Å². The summed E-state index contributed by atoms with van der Waals surface area (Å²) >= 11 is 0. The minimum absolute atomic E-state index is 0.190. The fourth-order valence-corrected chi connectivity index (χ4v) is 2.39. The average Bonchev–Trinajstić information content (AvgIpc) is 2.75. The summed E-state index contributed by atoms with van der Waals surface area (Å²) in [5.41, 5.74) is 0.822. The van der Waals surface area contributed by atoms with Crippen LogP contribution in [0.5, 0.6) is 0 Å². The zero-order valence-electron chi connectivity index (χ0n) is 12.0. The fraction of sp³-hybridized carbons (Fsp3) is 0.727. The van der Waals surface area contributed by atoms with Crippen molar-refractivity contribution in [3.05, 3.63) is 11.8 Å². The number of methoxy groups -OCH3 is 1. The van der Waals surface area contributed by atoms with E-state index in [4.69, 9.17) is 9.47 Å². The SMILES string of the molecule is COCC(OCC[Si](C)(C)C)c1c[nH]nc1B(O)O. The Bertz CT molecular complexity index is 381. The molecule has 0 saturated heterocycles. The van der Waals surface area contributed by atoms with Crippen LogP contribution in [0.1, 0.15) is 11.7 Å². The smallest absolute Gasteiger partial charge is 0.422 e. The minimum Gasteiger partial charge on any atom is -0.422 e. The minimum atomic E-state index is -1.61. The third kappa shape index (κ3) is 5.45. The van der Waals surface area contributed by atoms with Crippen molar-refractivity contribution >= 4 is 20.8 Å². The molecule has 0 amide bonds. The molecule has 0 aromatic carbocycles. The molecule has 1 heterocycles. The van der Waals surface area contributed by atoms with Crippen LogP contribution in [0.25, 0.3) is 0 Å². The van der Waals surface area contributed by atoms with Crippen LogP contribution in [-0.2, 0) is 9.47 Å². The van der Waals surface area contributed by atoms with Gasteiger partial charge in [-0.05, 0) is 6.04 Å². The summed E-state index contributed by atoms with van der Waals surface area (Å²) in [7, 11) is -1.18. The van der Waals surface area contributed by atoms with Gasteiger partial charge in [0.05, 0.1) is 12.2 Å². The molecule has 1 rings (SSSR count). The second-order valence-electron chi connectivity index (χ2n) is 5.72. The standard InChI is InChI=1S/C11H23BN2O4Si/c1-17-8-10(18-5-6-19(2,3)4)9-7-13-14-11(9)12(15)16/h7,10,15-16H,5-6,8H2,1-4H3,(H,13,14). The average molecular weight is 286 g/mol. The number of aromatic amines is 1. The van der Waals surface area contributed by atoms with Gasteiger partial charge in [-0.2, -0.15) is 5.10 Å². The molecule has 6 nitrogen and oxygen atoms in total. The van der Waals surface area contributed by atoms with Crippen LogP contribution in [0.3, 0.4) is 0 Å². The van der Waals surface area contributed by atoms with E-state index in [0.29, 0.717) is 18.8 Å². The highest BCUT2D eigenvalue weighted by Crippen LogP contribution is 2.17. The maximum Gasteiger partial charge on any atom is 0.510 e. The Labute approximate surface area is 115 Å². The summed E-state index contributed by atoms with van der Waals surface area (Å²) < 4.78 is 10.9. The van der Waals surface area contributed by atoms with E-state index in [1.807, 2.05) is 0 Å². The summed E-state index contributed by atoms with van der Waals surface area (Å²) in [4.78, 5) is 0. The highest BCUT2D eigenvalue weighted by molar-refractivity contribution is 6.76. The summed E-state index contributed by atoms with van der Waals surface area (Å²) in [5, 5.41) is 24.9. The molecule has 19 heavy (non-hydrogen) atoms. The van der Waals surface area contributed by atoms with Gasteiger partial charge in [0.2, 0.25) is 0 Å². The molecular weight excluding hydrogens is 263 g/mol. The third-order valence-corrected chi connectivity index (χ3v) is 4.49. The zero-order valence-corrected chi connectivity index (χ0v) is 13.0. The Hall–Kier alpha value is -0.668. The van der Waals surface area contributed by atoms with Crippen LogP contribution in [0.15, 0.2) is 6.20 Å². The van der Waals surface area contributed by atoms with Crippen LogP contribution in [0, 0.1) is 0 Å². The van der Waals surface area contributed by atoms with Crippen LogP contribution in [0.2, 0.25) is 25.7 Å². The van der Waals surface area contributed by atoms with Gasteiger partial charge < -0.3 is 19.5 Å². The van der Waals surface area contributed by atoms with E-state index in [9.17, 15) is 10.0 Å². The molecule has 1 aromatic rings. The van der Waals surface area contributed by atoms with Crippen LogP contribution < -0.4 is 5.59 Å². The number of hydrogen-bond donors (Lipinski definition) is 3. The first-order chi connectivity index (χ1) is 8.85. The van der Waals surface area contributed by atoms with Gasteiger partial charge in [0.15, 0.2) is 0 Å². The van der Waals surface area contributed by atoms with Crippen molar-refractivity contribution in [1.29, 1.82) is 0 Å². The van der Waals surface area contributed by atoms with E-state index in [0.717, 1.165) is 6.04 Å². The first-order valence-corrected chi connectivity index (χ1v) is 10.1. The second kappa shape index (κ2) is 7.20. The maximum atomic E-state index is 9.25. The first kappa shape index (κ1) is 16.4. The molecule has 0 spiro atoms. The summed E-state index contributed by atoms with van der Waals surface area (Å²) in [6.07, 6.45) is 1.28. The molecule has 0 aliphatic carbocycles. The Morgan fingerprint density at radius 3 is 2.63 bits per heavy atom. The van der Waals surface area contributed by atoms with Gasteiger partial charge in [-0.25, -0.2) is 0 Å². The maximum absolute atomic E-state index is 9.25. The Morgan fingerprint density at radius 2 is 2.11 bits per heavy atom. The van der Waals surface area contributed by atoms with Crippen molar-refractivity contribution in [2.24, 2.45) is 0 Å². The van der Waals surface area contributed by atoms with E-state index in [2.05, 4.69) is 29.8 Å². The number of aromatic nitrogens is 2. The molecule has 108 valence electrons. The highest BCUT2D eigenvalue weighted by atomic mass is 28.3. The number of ether oxygens (including phenoxy) is 2. The van der Waals surface area contributed by atoms with Crippen molar-refractivity contribution < 1.29 is 19.5 Å². The van der Waals surface area contributed by atoms with Gasteiger partial charge >= 0.3 is 7.12 Å². The first-order valence-electron chi connectivity index (χ1n) is 6.35. The van der Waals surface area contributed by atoms with Crippen molar-refractivity contribution in [2.75, 3.05) is 20.3 Å². The zero-order chi connectivity index (χ0) is 14.5. The van der Waals surface area contributed by atoms with Gasteiger partial charge in [0.1, 0.15) is 6.10 Å². The number of hydrogen-bond acceptors (Lipinski definition) is 5. The highest BCUT2D eigenvalue weighted by Gasteiger charge is 2.26. The molecule has 0 aliphatic rings. The molecule has 1 atom stereocenters. The molecule has 0 radical (unpaired) electrons. The molecule has 0 aliphatic heterocycles. The van der Waals surface area contributed by atoms with Crippen molar-refractivity contribution in [3.8, 4) is 0 Å². The third-order valence-electron chi connectivity index (χ3n) is 2.78. The molecule has 0 fully saturated rings. The lowest BCUT2D eigenvalue weighted by atomic mass is 9.82. The molecule has 3 N–H and O–H groups in total.